The van der Waals surface area contributed by atoms with Crippen LogP contribution in [0.15, 0.2) is 91.0 Å². The predicted octanol–water partition coefficient (Wildman–Crippen LogP) is 6.68. The summed E-state index contributed by atoms with van der Waals surface area (Å²) in [6.07, 6.45) is 8.57. The summed E-state index contributed by atoms with van der Waals surface area (Å²) in [4.78, 5) is 0. The van der Waals surface area contributed by atoms with Crippen molar-refractivity contribution in [1.29, 1.82) is 0 Å². The molecule has 0 spiro atoms. The molecule has 0 N–H and O–H groups in total. The number of rotatable bonds is 5. The van der Waals surface area contributed by atoms with Gasteiger partial charge in [-0.1, -0.05) is 0 Å². The first-order valence-corrected chi connectivity index (χ1v) is 17.2. The van der Waals surface area contributed by atoms with Crippen molar-refractivity contribution >= 4 is 42.4 Å². The minimum atomic E-state index is -2.94. The third kappa shape index (κ3) is 2.88. The van der Waals surface area contributed by atoms with E-state index in [0.29, 0.717) is 5.54 Å². The van der Waals surface area contributed by atoms with Crippen molar-refractivity contribution in [2.24, 2.45) is 17.8 Å². The molecule has 166 valence electrons. The van der Waals surface area contributed by atoms with Crippen LogP contribution in [0.5, 0.6) is 0 Å². The molecule has 4 aliphatic rings. The first-order chi connectivity index (χ1) is 15.5. The summed E-state index contributed by atoms with van der Waals surface area (Å²) in [6, 6.07) is 34.4. The Labute approximate surface area is 206 Å². The van der Waals surface area contributed by atoms with Crippen LogP contribution < -0.4 is 15.9 Å². The zero-order valence-electron chi connectivity index (χ0n) is 18.9. The molecule has 7 rings (SSSR count). The van der Waals surface area contributed by atoms with Gasteiger partial charge >= 0.3 is 207 Å². The van der Waals surface area contributed by atoms with Gasteiger partial charge in [0, 0.05) is 0 Å². The normalized spacial score (nSPS) is 30.2. The van der Waals surface area contributed by atoms with Crippen LogP contribution in [0.1, 0.15) is 38.5 Å². The Morgan fingerprint density at radius 2 is 0.938 bits per heavy atom. The molecule has 4 bridgehead atoms. The van der Waals surface area contributed by atoms with Gasteiger partial charge in [-0.2, -0.15) is 0 Å². The summed E-state index contributed by atoms with van der Waals surface area (Å²) in [5.74, 6) is 2.78. The van der Waals surface area contributed by atoms with Crippen molar-refractivity contribution in [3.63, 3.8) is 0 Å². The van der Waals surface area contributed by atoms with E-state index in [9.17, 15) is 0 Å². The second-order valence-corrected chi connectivity index (χ2v) is 20.4. The summed E-state index contributed by atoms with van der Waals surface area (Å²) in [7, 11) is 2.50. The van der Waals surface area contributed by atoms with E-state index in [4.69, 9.17) is 0 Å². The summed E-state index contributed by atoms with van der Waals surface area (Å²) in [5.41, 5.74) is 0.301. The molecular weight excluding hydrogens is 520 g/mol. The Kier molecular flexibility index (Phi) is 5.10. The van der Waals surface area contributed by atoms with Crippen LogP contribution in [0, 0.1) is 17.8 Å². The van der Waals surface area contributed by atoms with Gasteiger partial charge in [-0.25, -0.2) is 0 Å². The zero-order chi connectivity index (χ0) is 21.8. The maximum atomic E-state index is 2.98. The topological polar surface area (TPSA) is 3.24 Å². The van der Waals surface area contributed by atoms with E-state index < -0.39 is 4.40 Å². The average Bonchev–Trinajstić information content (AvgIpc) is 2.84. The van der Waals surface area contributed by atoms with Crippen LogP contribution in [0.2, 0.25) is 0 Å². The Morgan fingerprint density at radius 1 is 0.625 bits per heavy atom. The molecule has 0 saturated heterocycles. The Hall–Kier alpha value is -1.22. The van der Waals surface area contributed by atoms with Crippen LogP contribution in [0.3, 0.4) is 0 Å². The predicted molar refractivity (Wildman–Crippen MR) is 148 cm³/mol. The molecule has 0 atom stereocenters. The van der Waals surface area contributed by atoms with Crippen molar-refractivity contribution in [3.05, 3.63) is 91.0 Å². The van der Waals surface area contributed by atoms with Gasteiger partial charge in [0.25, 0.3) is 0 Å². The number of halogens is 1. The van der Waals surface area contributed by atoms with Crippen LogP contribution in [-0.4, -0.2) is 17.3 Å². The SMILES string of the molecule is CN(C12CC3CC(CC(C3)C1)C2)P(I)(c1ccccc1)(c1ccccc1)c1ccccc1. The number of nitrogens with zero attached hydrogens (tertiary/aromatic N) is 1. The van der Waals surface area contributed by atoms with Crippen LogP contribution in [-0.2, 0) is 0 Å². The summed E-state index contributed by atoms with van der Waals surface area (Å²) < 4.78 is 0.0388. The van der Waals surface area contributed by atoms with E-state index in [-0.39, 0.29) is 0 Å². The van der Waals surface area contributed by atoms with Gasteiger partial charge in [0.1, 0.15) is 0 Å². The quantitative estimate of drug-likeness (QED) is 0.252. The molecule has 32 heavy (non-hydrogen) atoms. The van der Waals surface area contributed by atoms with Crippen LogP contribution in [0.25, 0.3) is 0 Å². The van der Waals surface area contributed by atoms with Crippen LogP contribution in [0.4, 0.5) is 0 Å². The Balaban J connectivity index is 1.67. The molecule has 0 radical (unpaired) electrons. The molecule has 1 nitrogen and oxygen atoms in total. The number of hydrogen-bond acceptors (Lipinski definition) is 1. The molecule has 3 heteroatoms. The average molecular weight is 553 g/mol. The third-order valence-electron chi connectivity index (χ3n) is 8.94. The molecule has 0 unspecified atom stereocenters. The molecule has 0 aliphatic heterocycles. The van der Waals surface area contributed by atoms with Crippen molar-refractivity contribution in [1.82, 2.24) is 4.67 Å². The van der Waals surface area contributed by atoms with Gasteiger partial charge in [0.05, 0.1) is 0 Å². The summed E-state index contributed by atoms with van der Waals surface area (Å²) in [6.45, 7) is 0. The van der Waals surface area contributed by atoms with Crippen molar-refractivity contribution < 1.29 is 0 Å². The van der Waals surface area contributed by atoms with E-state index in [1.807, 2.05) is 0 Å². The number of hydrogen-bond donors (Lipinski definition) is 0. The second-order valence-electron chi connectivity index (χ2n) is 10.6. The van der Waals surface area contributed by atoms with E-state index >= 15 is 0 Å². The molecule has 4 saturated carbocycles. The first-order valence-electron chi connectivity index (χ1n) is 12.2. The van der Waals surface area contributed by atoms with Gasteiger partial charge in [-0.05, 0) is 0 Å². The van der Waals surface area contributed by atoms with Gasteiger partial charge in [-0.15, -0.1) is 0 Å². The van der Waals surface area contributed by atoms with Crippen LogP contribution >= 0.6 is 26.4 Å². The number of benzene rings is 3. The fourth-order valence-electron chi connectivity index (χ4n) is 7.93. The van der Waals surface area contributed by atoms with Gasteiger partial charge < -0.3 is 0 Å². The molecule has 4 fully saturated rings. The molecule has 0 heterocycles. The van der Waals surface area contributed by atoms with E-state index in [2.05, 4.69) is 125 Å². The summed E-state index contributed by atoms with van der Waals surface area (Å²) in [5, 5.41) is 4.44. The maximum absolute atomic E-state index is 2.98. The van der Waals surface area contributed by atoms with Crippen molar-refractivity contribution in [2.75, 3.05) is 7.05 Å². The fourth-order valence-corrected chi connectivity index (χ4v) is 17.3. The van der Waals surface area contributed by atoms with E-state index in [0.717, 1.165) is 17.8 Å². The Morgan fingerprint density at radius 3 is 1.25 bits per heavy atom. The molecule has 3 aromatic carbocycles. The van der Waals surface area contributed by atoms with E-state index in [1.54, 1.807) is 0 Å². The molecule has 3 aromatic rings. The van der Waals surface area contributed by atoms with Gasteiger partial charge in [-0.3, -0.25) is 0 Å². The van der Waals surface area contributed by atoms with Gasteiger partial charge in [0.15, 0.2) is 0 Å². The molecule has 0 amide bonds. The fraction of sp³-hybridized carbons (Fsp3) is 0.379. The van der Waals surface area contributed by atoms with Crippen molar-refractivity contribution in [2.45, 2.75) is 44.1 Å². The zero-order valence-corrected chi connectivity index (χ0v) is 22.0. The third-order valence-corrected chi connectivity index (χ3v) is 21.2. The summed E-state index contributed by atoms with van der Waals surface area (Å²) >= 11 is 2.98. The first kappa shape index (κ1) is 21.3. The molecule has 4 aliphatic carbocycles. The van der Waals surface area contributed by atoms with Gasteiger partial charge in [0.2, 0.25) is 0 Å². The minimum absolute atomic E-state index is 0.301. The standard InChI is InChI=1S/C29H33INP/c1-31(29-20-23-17-24(21-29)19-25(18-23)22-29)32(30,26-11-5-2-6-12-26,27-13-7-3-8-14-27)28-15-9-4-10-16-28/h2-16,23-25H,17-22H2,1H3. The van der Waals surface area contributed by atoms with E-state index in [1.165, 1.54) is 54.4 Å². The second kappa shape index (κ2) is 7.65. The molecular formula is C29H33INP. The van der Waals surface area contributed by atoms with Crippen molar-refractivity contribution in [3.8, 4) is 0 Å². The monoisotopic (exact) mass is 553 g/mol. The Bertz CT molecular complexity index is 963. The molecule has 0 aromatic heterocycles.